The van der Waals surface area contributed by atoms with Crippen molar-refractivity contribution >= 4 is 11.9 Å². The molecular formula is C18H20N2O3. The number of hydrogen-bond donors (Lipinski definition) is 1. The zero-order chi connectivity index (χ0) is 16.5. The summed E-state index contributed by atoms with van der Waals surface area (Å²) in [6.45, 7) is 0.251. The number of allylic oxidation sites excluding steroid dienone is 1. The van der Waals surface area contributed by atoms with E-state index in [0.29, 0.717) is 12.1 Å². The predicted octanol–water partition coefficient (Wildman–Crippen LogP) is 2.72. The lowest BCUT2D eigenvalue weighted by atomic mass is 9.97. The van der Waals surface area contributed by atoms with E-state index in [1.807, 2.05) is 6.07 Å². The van der Waals surface area contributed by atoms with Crippen LogP contribution in [0.25, 0.3) is 0 Å². The van der Waals surface area contributed by atoms with Crippen molar-refractivity contribution in [3.05, 3.63) is 47.0 Å². The lowest BCUT2D eigenvalue weighted by Gasteiger charge is -2.13. The molecule has 23 heavy (non-hydrogen) atoms. The molecule has 0 radical (unpaired) electrons. The van der Waals surface area contributed by atoms with Gasteiger partial charge in [0.2, 0.25) is 0 Å². The molecule has 2 rings (SSSR count). The number of carbonyl (C=O) groups excluding carboxylic acids is 2. The average molecular weight is 312 g/mol. The number of amides is 1. The molecule has 5 nitrogen and oxygen atoms in total. The fraction of sp³-hybridized carbons (Fsp3) is 0.389. The van der Waals surface area contributed by atoms with Gasteiger partial charge in [-0.05, 0) is 50.3 Å². The summed E-state index contributed by atoms with van der Waals surface area (Å²) in [7, 11) is 0. The van der Waals surface area contributed by atoms with E-state index in [-0.39, 0.29) is 18.1 Å². The maximum absolute atomic E-state index is 11.8. The number of nitrogens with one attached hydrogen (secondary N) is 1. The number of nitriles is 1. The molecule has 0 aliphatic heterocycles. The monoisotopic (exact) mass is 312 g/mol. The van der Waals surface area contributed by atoms with Crippen LogP contribution in [0.3, 0.4) is 0 Å². The maximum Gasteiger partial charge on any atom is 0.338 e. The first-order valence-corrected chi connectivity index (χ1v) is 7.81. The lowest BCUT2D eigenvalue weighted by molar-refractivity contribution is -0.124. The molecule has 0 atom stereocenters. The second-order valence-corrected chi connectivity index (χ2v) is 5.48. The molecule has 0 saturated carbocycles. The Kier molecular flexibility index (Phi) is 6.37. The summed E-state index contributed by atoms with van der Waals surface area (Å²) in [6, 6.07) is 8.15. The first-order valence-electron chi connectivity index (χ1n) is 7.81. The molecular weight excluding hydrogens is 292 g/mol. The largest absolute Gasteiger partial charge is 0.452 e. The molecule has 1 aromatic rings. The van der Waals surface area contributed by atoms with Crippen LogP contribution < -0.4 is 5.32 Å². The van der Waals surface area contributed by atoms with E-state index >= 15 is 0 Å². The first kappa shape index (κ1) is 16.8. The topological polar surface area (TPSA) is 79.2 Å². The average Bonchev–Trinajstić information content (AvgIpc) is 2.60. The number of ether oxygens (including phenoxy) is 1. The van der Waals surface area contributed by atoms with Crippen molar-refractivity contribution in [1.29, 1.82) is 5.26 Å². The van der Waals surface area contributed by atoms with Crippen molar-refractivity contribution in [1.82, 2.24) is 5.32 Å². The van der Waals surface area contributed by atoms with Gasteiger partial charge in [-0.15, -0.1) is 0 Å². The van der Waals surface area contributed by atoms with Gasteiger partial charge in [0.25, 0.3) is 5.91 Å². The van der Waals surface area contributed by atoms with Gasteiger partial charge >= 0.3 is 5.97 Å². The lowest BCUT2D eigenvalue weighted by Crippen LogP contribution is -2.29. The van der Waals surface area contributed by atoms with E-state index in [1.165, 1.54) is 24.5 Å². The van der Waals surface area contributed by atoms with Crippen molar-refractivity contribution in [3.63, 3.8) is 0 Å². The van der Waals surface area contributed by atoms with Crippen molar-refractivity contribution < 1.29 is 14.3 Å². The second kappa shape index (κ2) is 8.74. The zero-order valence-corrected chi connectivity index (χ0v) is 13.0. The number of carbonyl (C=O) groups is 2. The third-order valence-electron chi connectivity index (χ3n) is 3.72. The van der Waals surface area contributed by atoms with Crippen LogP contribution in [0.15, 0.2) is 35.9 Å². The minimum absolute atomic E-state index is 0.268. The summed E-state index contributed by atoms with van der Waals surface area (Å²) >= 11 is 0. The smallest absolute Gasteiger partial charge is 0.338 e. The number of rotatable bonds is 6. The van der Waals surface area contributed by atoms with Gasteiger partial charge < -0.3 is 10.1 Å². The zero-order valence-electron chi connectivity index (χ0n) is 13.0. The number of hydrogen-bond acceptors (Lipinski definition) is 4. The van der Waals surface area contributed by atoms with Crippen LogP contribution in [-0.4, -0.2) is 25.0 Å². The Hall–Kier alpha value is -2.61. The summed E-state index contributed by atoms with van der Waals surface area (Å²) < 4.78 is 4.96. The highest BCUT2D eigenvalue weighted by molar-refractivity contribution is 5.91. The fourth-order valence-corrected chi connectivity index (χ4v) is 2.48. The molecule has 0 spiro atoms. The summed E-state index contributed by atoms with van der Waals surface area (Å²) in [5, 5.41) is 11.5. The van der Waals surface area contributed by atoms with Crippen LogP contribution in [0.1, 0.15) is 48.0 Å². The Morgan fingerprint density at radius 1 is 1.30 bits per heavy atom. The quantitative estimate of drug-likeness (QED) is 0.647. The van der Waals surface area contributed by atoms with Crippen LogP contribution in [0.2, 0.25) is 0 Å². The standard InChI is InChI=1S/C18H20N2O3/c19-12-15-7-4-8-16(11-15)18(22)23-13-17(21)20-10-9-14-5-2-1-3-6-14/h4-5,7-8,11H,1-3,6,9-10,13H2,(H,20,21). The molecule has 0 aromatic heterocycles. The normalized spacial score (nSPS) is 13.6. The molecule has 1 aliphatic rings. The SMILES string of the molecule is N#Cc1cccc(C(=O)OCC(=O)NCCC2=CCCCC2)c1. The summed E-state index contributed by atoms with van der Waals surface area (Å²) in [5.74, 6) is -0.918. The molecule has 0 bridgehead atoms. The van der Waals surface area contributed by atoms with Crippen molar-refractivity contribution in [3.8, 4) is 6.07 Å². The fourth-order valence-electron chi connectivity index (χ4n) is 2.48. The van der Waals surface area contributed by atoms with E-state index in [1.54, 1.807) is 18.2 Å². The predicted molar refractivity (Wildman–Crippen MR) is 85.6 cm³/mol. The maximum atomic E-state index is 11.8. The molecule has 1 aromatic carbocycles. The first-order chi connectivity index (χ1) is 11.2. The highest BCUT2D eigenvalue weighted by Gasteiger charge is 2.11. The summed E-state index contributed by atoms with van der Waals surface area (Å²) in [4.78, 5) is 23.5. The molecule has 1 N–H and O–H groups in total. The molecule has 0 saturated heterocycles. The van der Waals surface area contributed by atoms with Gasteiger partial charge in [-0.25, -0.2) is 4.79 Å². The van der Waals surface area contributed by atoms with Gasteiger partial charge in [0, 0.05) is 6.54 Å². The van der Waals surface area contributed by atoms with Crippen molar-refractivity contribution in [2.24, 2.45) is 0 Å². The number of esters is 1. The van der Waals surface area contributed by atoms with Gasteiger partial charge in [-0.2, -0.15) is 5.26 Å². The molecule has 0 unspecified atom stereocenters. The minimum Gasteiger partial charge on any atom is -0.452 e. The van der Waals surface area contributed by atoms with Gasteiger partial charge in [0.15, 0.2) is 6.61 Å². The van der Waals surface area contributed by atoms with Crippen LogP contribution in [0, 0.1) is 11.3 Å². The van der Waals surface area contributed by atoms with E-state index in [9.17, 15) is 9.59 Å². The number of benzene rings is 1. The van der Waals surface area contributed by atoms with Crippen molar-refractivity contribution in [2.45, 2.75) is 32.1 Å². The Morgan fingerprint density at radius 3 is 2.91 bits per heavy atom. The van der Waals surface area contributed by atoms with Gasteiger partial charge in [-0.1, -0.05) is 17.7 Å². The Labute approximate surface area is 135 Å². The molecule has 1 aliphatic carbocycles. The van der Waals surface area contributed by atoms with Crippen LogP contribution in [-0.2, 0) is 9.53 Å². The molecule has 5 heteroatoms. The Morgan fingerprint density at radius 2 is 2.17 bits per heavy atom. The summed E-state index contributed by atoms with van der Waals surface area (Å²) in [5.41, 5.74) is 2.04. The highest BCUT2D eigenvalue weighted by atomic mass is 16.5. The van der Waals surface area contributed by atoms with E-state index in [0.717, 1.165) is 19.3 Å². The molecule has 0 fully saturated rings. The molecule has 0 heterocycles. The minimum atomic E-state index is -0.604. The third kappa shape index (κ3) is 5.59. The molecule has 1 amide bonds. The van der Waals surface area contributed by atoms with Gasteiger partial charge in [-0.3, -0.25) is 4.79 Å². The van der Waals surface area contributed by atoms with Crippen LogP contribution >= 0.6 is 0 Å². The number of nitrogens with zero attached hydrogens (tertiary/aromatic N) is 1. The van der Waals surface area contributed by atoms with Crippen LogP contribution in [0.4, 0.5) is 0 Å². The van der Waals surface area contributed by atoms with Gasteiger partial charge in [0.05, 0.1) is 17.2 Å². The third-order valence-corrected chi connectivity index (χ3v) is 3.72. The highest BCUT2D eigenvalue weighted by Crippen LogP contribution is 2.19. The Balaban J connectivity index is 1.70. The Bertz CT molecular complexity index is 644. The van der Waals surface area contributed by atoms with Crippen molar-refractivity contribution in [2.75, 3.05) is 13.2 Å². The van der Waals surface area contributed by atoms with E-state index < -0.39 is 5.97 Å². The van der Waals surface area contributed by atoms with Crippen LogP contribution in [0.5, 0.6) is 0 Å². The van der Waals surface area contributed by atoms with E-state index in [4.69, 9.17) is 10.00 Å². The molecule has 120 valence electrons. The second-order valence-electron chi connectivity index (χ2n) is 5.48. The van der Waals surface area contributed by atoms with E-state index in [2.05, 4.69) is 11.4 Å². The summed E-state index contributed by atoms with van der Waals surface area (Å²) in [6.07, 6.45) is 7.81. The van der Waals surface area contributed by atoms with Gasteiger partial charge in [0.1, 0.15) is 0 Å².